The summed E-state index contributed by atoms with van der Waals surface area (Å²) in [4.78, 5) is 26.4. The van der Waals surface area contributed by atoms with E-state index in [0.717, 1.165) is 23.1 Å². The largest absolute Gasteiger partial charge is 0.345 e. The van der Waals surface area contributed by atoms with E-state index in [9.17, 15) is 9.59 Å². The normalized spacial score (nSPS) is 16.0. The van der Waals surface area contributed by atoms with Crippen LogP contribution in [0.15, 0.2) is 47.0 Å². The number of fused-ring (bicyclic) bond motifs is 1. The van der Waals surface area contributed by atoms with Gasteiger partial charge in [-0.1, -0.05) is 42.4 Å². The predicted octanol–water partition coefficient (Wildman–Crippen LogP) is 1.85. The van der Waals surface area contributed by atoms with Crippen LogP contribution in [-0.4, -0.2) is 31.7 Å². The Morgan fingerprint density at radius 3 is 2.88 bits per heavy atom. The van der Waals surface area contributed by atoms with Gasteiger partial charge in [0.1, 0.15) is 12.9 Å². The fourth-order valence-corrected chi connectivity index (χ4v) is 3.29. The molecule has 0 spiro atoms. The van der Waals surface area contributed by atoms with Gasteiger partial charge >= 0.3 is 5.69 Å². The molecule has 1 aromatic heterocycles. The van der Waals surface area contributed by atoms with Crippen LogP contribution < -0.4 is 5.69 Å². The molecule has 1 aliphatic rings. The third kappa shape index (κ3) is 3.14. The highest BCUT2D eigenvalue weighted by molar-refractivity contribution is 6.29. The highest BCUT2D eigenvalue weighted by atomic mass is 35.5. The first-order chi connectivity index (χ1) is 11.5. The number of rotatable bonds is 5. The Bertz CT molecular complexity index is 839. The number of amides is 1. The molecule has 1 aliphatic carbocycles. The zero-order valence-electron chi connectivity index (χ0n) is 13.5. The second-order valence-corrected chi connectivity index (χ2v) is 6.51. The number of hydrogen-bond acceptors (Lipinski definition) is 3. The molecule has 1 amide bonds. The van der Waals surface area contributed by atoms with Crippen LogP contribution in [0.4, 0.5) is 0 Å². The molecule has 1 heterocycles. The Labute approximate surface area is 145 Å². The van der Waals surface area contributed by atoms with Gasteiger partial charge in [-0.25, -0.2) is 9.48 Å². The minimum Gasteiger partial charge on any atom is -0.329 e. The molecule has 0 saturated carbocycles. The number of aryl methyl sites for hydroxylation is 2. The molecule has 0 radical (unpaired) electrons. The van der Waals surface area contributed by atoms with E-state index in [1.54, 1.807) is 11.9 Å². The molecule has 1 atom stereocenters. The molecule has 24 heavy (non-hydrogen) atoms. The smallest absolute Gasteiger partial charge is 0.329 e. The second-order valence-electron chi connectivity index (χ2n) is 5.97. The summed E-state index contributed by atoms with van der Waals surface area (Å²) in [6.07, 6.45) is 3.15. The summed E-state index contributed by atoms with van der Waals surface area (Å²) in [5.41, 5.74) is 2.06. The van der Waals surface area contributed by atoms with Crippen molar-refractivity contribution in [1.82, 2.24) is 19.2 Å². The summed E-state index contributed by atoms with van der Waals surface area (Å²) in [5, 5.41) is 4.34. The Balaban J connectivity index is 1.87. The van der Waals surface area contributed by atoms with Crippen LogP contribution in [0.2, 0.25) is 0 Å². The highest BCUT2D eigenvalue weighted by Gasteiger charge is 2.31. The number of carbonyl (C=O) groups excluding carboxylic acids is 1. The third-order valence-electron chi connectivity index (χ3n) is 4.31. The van der Waals surface area contributed by atoms with E-state index in [-0.39, 0.29) is 30.7 Å². The number of benzene rings is 1. The van der Waals surface area contributed by atoms with E-state index in [1.807, 2.05) is 18.2 Å². The van der Waals surface area contributed by atoms with Gasteiger partial charge in [-0.05, 0) is 24.0 Å². The molecular formula is C17H19ClN4O2. The second kappa shape index (κ2) is 6.65. The van der Waals surface area contributed by atoms with Crippen molar-refractivity contribution in [3.05, 3.63) is 63.8 Å². The van der Waals surface area contributed by atoms with Gasteiger partial charge in [-0.2, -0.15) is 5.10 Å². The lowest BCUT2D eigenvalue weighted by Gasteiger charge is -2.29. The van der Waals surface area contributed by atoms with Gasteiger partial charge < -0.3 is 4.90 Å². The Kier molecular flexibility index (Phi) is 4.57. The SMILES string of the molecule is C=C(Cl)CN(C(=O)Cn1ncn(C)c1=O)C1CCc2ccccc21. The van der Waals surface area contributed by atoms with Gasteiger partial charge in [-0.15, -0.1) is 0 Å². The fraction of sp³-hybridized carbons (Fsp3) is 0.353. The van der Waals surface area contributed by atoms with Gasteiger partial charge in [0.05, 0.1) is 12.6 Å². The van der Waals surface area contributed by atoms with E-state index in [2.05, 4.69) is 17.7 Å². The molecule has 6 nitrogen and oxygen atoms in total. The van der Waals surface area contributed by atoms with Crippen LogP contribution in [0.1, 0.15) is 23.6 Å². The molecule has 0 bridgehead atoms. The first-order valence-corrected chi connectivity index (χ1v) is 8.14. The van der Waals surface area contributed by atoms with Gasteiger partial charge in [0, 0.05) is 12.1 Å². The number of carbonyl (C=O) groups is 1. The van der Waals surface area contributed by atoms with Crippen molar-refractivity contribution < 1.29 is 4.79 Å². The van der Waals surface area contributed by atoms with Crippen molar-refractivity contribution in [2.75, 3.05) is 6.54 Å². The maximum atomic E-state index is 12.8. The minimum absolute atomic E-state index is 0.0522. The van der Waals surface area contributed by atoms with Crippen LogP contribution in [0.3, 0.4) is 0 Å². The van der Waals surface area contributed by atoms with Crippen LogP contribution in [0, 0.1) is 0 Å². The zero-order chi connectivity index (χ0) is 17.3. The summed E-state index contributed by atoms with van der Waals surface area (Å²) in [7, 11) is 1.60. The molecule has 2 aromatic rings. The summed E-state index contributed by atoms with van der Waals surface area (Å²) < 4.78 is 2.50. The van der Waals surface area contributed by atoms with Crippen LogP contribution in [0.25, 0.3) is 0 Å². The molecule has 3 rings (SSSR count). The summed E-state index contributed by atoms with van der Waals surface area (Å²) in [5.74, 6) is -0.195. The molecule has 1 aromatic carbocycles. The van der Waals surface area contributed by atoms with E-state index < -0.39 is 0 Å². The van der Waals surface area contributed by atoms with Gasteiger partial charge in [-0.3, -0.25) is 9.36 Å². The molecule has 0 aliphatic heterocycles. The summed E-state index contributed by atoms with van der Waals surface area (Å²) in [6, 6.07) is 8.04. The number of halogens is 1. The van der Waals surface area contributed by atoms with E-state index in [4.69, 9.17) is 11.6 Å². The molecule has 0 N–H and O–H groups in total. The Morgan fingerprint density at radius 2 is 2.21 bits per heavy atom. The van der Waals surface area contributed by atoms with Crippen molar-refractivity contribution in [3.63, 3.8) is 0 Å². The lowest BCUT2D eigenvalue weighted by molar-refractivity contribution is -0.134. The molecule has 126 valence electrons. The predicted molar refractivity (Wildman–Crippen MR) is 91.7 cm³/mol. The highest BCUT2D eigenvalue weighted by Crippen LogP contribution is 2.36. The molecule has 7 heteroatoms. The minimum atomic E-state index is -0.320. The standard InChI is InChI=1S/C17H19ClN4O2/c1-12(18)9-21(15-8-7-13-5-3-4-6-14(13)15)16(23)10-22-17(24)20(2)11-19-22/h3-6,11,15H,1,7-10H2,2H3. The maximum absolute atomic E-state index is 12.8. The molecule has 0 saturated heterocycles. The first-order valence-electron chi connectivity index (χ1n) is 7.76. The van der Waals surface area contributed by atoms with Crippen LogP contribution in [0.5, 0.6) is 0 Å². The van der Waals surface area contributed by atoms with Crippen molar-refractivity contribution in [2.24, 2.45) is 7.05 Å². The first kappa shape index (κ1) is 16.5. The lowest BCUT2D eigenvalue weighted by Crippen LogP contribution is -2.39. The number of aromatic nitrogens is 3. The summed E-state index contributed by atoms with van der Waals surface area (Å²) >= 11 is 5.98. The zero-order valence-corrected chi connectivity index (χ0v) is 14.2. The van der Waals surface area contributed by atoms with Crippen molar-refractivity contribution in [2.45, 2.75) is 25.4 Å². The van der Waals surface area contributed by atoms with Crippen LogP contribution >= 0.6 is 11.6 Å². The molecule has 0 fully saturated rings. The fourth-order valence-electron chi connectivity index (χ4n) is 3.16. The lowest BCUT2D eigenvalue weighted by atomic mass is 10.1. The average molecular weight is 347 g/mol. The Morgan fingerprint density at radius 1 is 1.46 bits per heavy atom. The van der Waals surface area contributed by atoms with Gasteiger partial charge in [0.2, 0.25) is 5.91 Å². The van der Waals surface area contributed by atoms with E-state index in [1.165, 1.54) is 16.5 Å². The van der Waals surface area contributed by atoms with E-state index >= 15 is 0 Å². The van der Waals surface area contributed by atoms with Crippen molar-refractivity contribution in [3.8, 4) is 0 Å². The molecule has 1 unspecified atom stereocenters. The van der Waals surface area contributed by atoms with Crippen LogP contribution in [-0.2, 0) is 24.8 Å². The number of hydrogen-bond donors (Lipinski definition) is 0. The average Bonchev–Trinajstić information content (AvgIpc) is 3.11. The summed E-state index contributed by atoms with van der Waals surface area (Å²) in [6.45, 7) is 3.86. The monoisotopic (exact) mass is 346 g/mol. The van der Waals surface area contributed by atoms with Gasteiger partial charge in [0.25, 0.3) is 0 Å². The topological polar surface area (TPSA) is 60.1 Å². The van der Waals surface area contributed by atoms with Gasteiger partial charge in [0.15, 0.2) is 0 Å². The third-order valence-corrected chi connectivity index (χ3v) is 4.43. The molecular weight excluding hydrogens is 328 g/mol. The van der Waals surface area contributed by atoms with Crippen molar-refractivity contribution in [1.29, 1.82) is 0 Å². The van der Waals surface area contributed by atoms with E-state index in [0.29, 0.717) is 5.03 Å². The Hall–Kier alpha value is -2.34. The maximum Gasteiger partial charge on any atom is 0.345 e. The number of nitrogens with zero attached hydrogens (tertiary/aromatic N) is 4. The quantitative estimate of drug-likeness (QED) is 0.830. The van der Waals surface area contributed by atoms with Crippen molar-refractivity contribution >= 4 is 17.5 Å².